The molecule has 0 amide bonds. The Labute approximate surface area is 128 Å². The van der Waals surface area contributed by atoms with Gasteiger partial charge >= 0.3 is 0 Å². The number of nitrogens with zero attached hydrogens (tertiary/aromatic N) is 3. The second kappa shape index (κ2) is 6.28. The van der Waals surface area contributed by atoms with E-state index in [1.165, 1.54) is 0 Å². The molecule has 0 saturated heterocycles. The molecule has 0 saturated carbocycles. The van der Waals surface area contributed by atoms with Crippen LogP contribution < -0.4 is 5.32 Å². The number of aromatic nitrogens is 3. The number of benzene rings is 1. The fourth-order valence-corrected chi connectivity index (χ4v) is 2.86. The monoisotopic (exact) mass is 298 g/mol. The lowest BCUT2D eigenvalue weighted by Gasteiger charge is -2.04. The van der Waals surface area contributed by atoms with Crippen LogP contribution in [0.25, 0.3) is 21.6 Å². The Balaban J connectivity index is 1.77. The van der Waals surface area contributed by atoms with Gasteiger partial charge in [-0.2, -0.15) is 0 Å². The number of hydrogen-bond donors (Lipinski definition) is 1. The minimum absolute atomic E-state index is 0.638. The van der Waals surface area contributed by atoms with Gasteiger partial charge in [-0.1, -0.05) is 49.4 Å². The van der Waals surface area contributed by atoms with Gasteiger partial charge in [0.05, 0.1) is 5.52 Å². The molecule has 5 heteroatoms. The highest BCUT2D eigenvalue weighted by Gasteiger charge is 2.08. The van der Waals surface area contributed by atoms with Gasteiger partial charge in [-0.15, -0.1) is 10.2 Å². The quantitative estimate of drug-likeness (QED) is 0.783. The van der Waals surface area contributed by atoms with Crippen molar-refractivity contribution in [1.29, 1.82) is 0 Å². The maximum Gasteiger partial charge on any atom is 0.166 e. The summed E-state index contributed by atoms with van der Waals surface area (Å²) in [6.07, 6.45) is 0. The van der Waals surface area contributed by atoms with Crippen molar-refractivity contribution in [1.82, 2.24) is 20.5 Å². The predicted octanol–water partition coefficient (Wildman–Crippen LogP) is 3.50. The fraction of sp³-hybridized carbons (Fsp3) is 0.312. The van der Waals surface area contributed by atoms with Crippen molar-refractivity contribution in [2.24, 2.45) is 5.92 Å². The molecule has 1 N–H and O–H groups in total. The van der Waals surface area contributed by atoms with Crippen LogP contribution >= 0.6 is 11.3 Å². The number of hydrogen-bond acceptors (Lipinski definition) is 5. The molecule has 2 heterocycles. The van der Waals surface area contributed by atoms with Crippen LogP contribution in [0.15, 0.2) is 36.4 Å². The largest absolute Gasteiger partial charge is 0.310 e. The van der Waals surface area contributed by atoms with Crippen LogP contribution in [0.4, 0.5) is 0 Å². The zero-order valence-corrected chi connectivity index (χ0v) is 13.0. The zero-order chi connectivity index (χ0) is 14.7. The van der Waals surface area contributed by atoms with Gasteiger partial charge < -0.3 is 5.32 Å². The molecule has 0 aliphatic heterocycles. The lowest BCUT2D eigenvalue weighted by Crippen LogP contribution is -2.18. The molecule has 0 bridgehead atoms. The van der Waals surface area contributed by atoms with E-state index >= 15 is 0 Å². The average Bonchev–Trinajstić information content (AvgIpc) is 2.95. The molecule has 4 nitrogen and oxygen atoms in total. The Morgan fingerprint density at radius 1 is 1.10 bits per heavy atom. The van der Waals surface area contributed by atoms with Crippen LogP contribution in [0.5, 0.6) is 0 Å². The van der Waals surface area contributed by atoms with Gasteiger partial charge in [-0.3, -0.25) is 0 Å². The standard InChI is InChI=1S/C16H18N4S/c1-11(2)9-17-10-15-19-20-16(21-15)14-8-7-12-5-3-4-6-13(12)18-14/h3-8,11,17H,9-10H2,1-2H3. The molecule has 108 valence electrons. The first-order chi connectivity index (χ1) is 10.2. The molecule has 1 aromatic carbocycles. The van der Waals surface area contributed by atoms with Crippen molar-refractivity contribution >= 4 is 22.2 Å². The molecule has 3 rings (SSSR count). The summed E-state index contributed by atoms with van der Waals surface area (Å²) in [6, 6.07) is 12.2. The summed E-state index contributed by atoms with van der Waals surface area (Å²) >= 11 is 1.60. The van der Waals surface area contributed by atoms with Crippen LogP contribution in [-0.4, -0.2) is 21.7 Å². The molecule has 0 unspecified atom stereocenters. The van der Waals surface area contributed by atoms with E-state index < -0.39 is 0 Å². The van der Waals surface area contributed by atoms with Crippen molar-refractivity contribution in [3.63, 3.8) is 0 Å². The van der Waals surface area contributed by atoms with E-state index in [-0.39, 0.29) is 0 Å². The van der Waals surface area contributed by atoms with E-state index in [1.54, 1.807) is 11.3 Å². The molecule has 0 aliphatic carbocycles. The van der Waals surface area contributed by atoms with Crippen LogP contribution in [0.3, 0.4) is 0 Å². The number of pyridine rings is 1. The molecular formula is C16H18N4S. The number of nitrogens with one attached hydrogen (secondary N) is 1. The summed E-state index contributed by atoms with van der Waals surface area (Å²) in [4.78, 5) is 4.65. The Morgan fingerprint density at radius 3 is 2.81 bits per heavy atom. The Hall–Kier alpha value is -1.85. The molecule has 21 heavy (non-hydrogen) atoms. The lowest BCUT2D eigenvalue weighted by atomic mass is 10.2. The average molecular weight is 298 g/mol. The first-order valence-corrected chi connectivity index (χ1v) is 7.93. The number of rotatable bonds is 5. The minimum Gasteiger partial charge on any atom is -0.310 e. The van der Waals surface area contributed by atoms with Crippen molar-refractivity contribution < 1.29 is 0 Å². The SMILES string of the molecule is CC(C)CNCc1nnc(-c2ccc3ccccc3n2)s1. The van der Waals surface area contributed by atoms with Crippen LogP contribution in [0.1, 0.15) is 18.9 Å². The third-order valence-electron chi connectivity index (χ3n) is 3.11. The molecule has 0 spiro atoms. The van der Waals surface area contributed by atoms with Crippen molar-refractivity contribution in [2.75, 3.05) is 6.54 Å². The van der Waals surface area contributed by atoms with Crippen molar-refractivity contribution in [3.05, 3.63) is 41.4 Å². The Kier molecular flexibility index (Phi) is 4.22. The van der Waals surface area contributed by atoms with Crippen molar-refractivity contribution in [2.45, 2.75) is 20.4 Å². The van der Waals surface area contributed by atoms with E-state index in [2.05, 4.69) is 46.5 Å². The first kappa shape index (κ1) is 14.1. The number of fused-ring (bicyclic) bond motifs is 1. The highest BCUT2D eigenvalue weighted by Crippen LogP contribution is 2.24. The van der Waals surface area contributed by atoms with E-state index in [0.29, 0.717) is 5.92 Å². The number of para-hydroxylation sites is 1. The molecular weight excluding hydrogens is 280 g/mol. The van der Waals surface area contributed by atoms with Gasteiger partial charge in [-0.05, 0) is 24.6 Å². The molecule has 0 fully saturated rings. The van der Waals surface area contributed by atoms with Crippen LogP contribution in [0.2, 0.25) is 0 Å². The van der Waals surface area contributed by atoms with E-state index in [1.807, 2.05) is 24.3 Å². The Bertz CT molecular complexity index is 736. The molecule has 0 radical (unpaired) electrons. The van der Waals surface area contributed by atoms with E-state index in [0.717, 1.165) is 39.7 Å². The van der Waals surface area contributed by atoms with Gasteiger partial charge in [-0.25, -0.2) is 4.98 Å². The second-order valence-corrected chi connectivity index (χ2v) is 6.48. The summed E-state index contributed by atoms with van der Waals surface area (Å²) in [5, 5.41) is 14.9. The first-order valence-electron chi connectivity index (χ1n) is 7.11. The molecule has 0 atom stereocenters. The summed E-state index contributed by atoms with van der Waals surface area (Å²) in [5.41, 5.74) is 1.88. The van der Waals surface area contributed by atoms with E-state index in [4.69, 9.17) is 0 Å². The van der Waals surface area contributed by atoms with Gasteiger partial charge in [0, 0.05) is 11.9 Å². The fourth-order valence-electron chi connectivity index (χ4n) is 2.08. The third-order valence-corrected chi connectivity index (χ3v) is 4.06. The predicted molar refractivity (Wildman–Crippen MR) is 87.2 cm³/mol. The van der Waals surface area contributed by atoms with Crippen LogP contribution in [-0.2, 0) is 6.54 Å². The maximum absolute atomic E-state index is 4.65. The third kappa shape index (κ3) is 3.43. The lowest BCUT2D eigenvalue weighted by molar-refractivity contribution is 0.550. The van der Waals surface area contributed by atoms with Gasteiger partial charge in [0.2, 0.25) is 0 Å². The van der Waals surface area contributed by atoms with Crippen LogP contribution in [0, 0.1) is 5.92 Å². The molecule has 3 aromatic rings. The second-order valence-electron chi connectivity index (χ2n) is 5.41. The maximum atomic E-state index is 4.65. The highest BCUT2D eigenvalue weighted by atomic mass is 32.1. The summed E-state index contributed by atoms with van der Waals surface area (Å²) < 4.78 is 0. The molecule has 2 aromatic heterocycles. The zero-order valence-electron chi connectivity index (χ0n) is 12.2. The smallest absolute Gasteiger partial charge is 0.166 e. The molecule has 0 aliphatic rings. The topological polar surface area (TPSA) is 50.7 Å². The normalized spacial score (nSPS) is 11.4. The van der Waals surface area contributed by atoms with Crippen molar-refractivity contribution in [3.8, 4) is 10.7 Å². The summed E-state index contributed by atoms with van der Waals surface area (Å²) in [7, 11) is 0. The summed E-state index contributed by atoms with van der Waals surface area (Å²) in [5.74, 6) is 0.638. The van der Waals surface area contributed by atoms with Gasteiger partial charge in [0.1, 0.15) is 10.7 Å². The highest BCUT2D eigenvalue weighted by molar-refractivity contribution is 7.14. The van der Waals surface area contributed by atoms with E-state index in [9.17, 15) is 0 Å². The van der Waals surface area contributed by atoms with Gasteiger partial charge in [0.15, 0.2) is 5.01 Å². The van der Waals surface area contributed by atoms with Gasteiger partial charge in [0.25, 0.3) is 0 Å². The minimum atomic E-state index is 0.638. The Morgan fingerprint density at radius 2 is 1.95 bits per heavy atom. The summed E-state index contributed by atoms with van der Waals surface area (Å²) in [6.45, 7) is 6.14.